The third-order valence-corrected chi connectivity index (χ3v) is 4.01. The Bertz CT molecular complexity index is 140. The summed E-state index contributed by atoms with van der Waals surface area (Å²) in [4.78, 5) is 0. The van der Waals surface area contributed by atoms with Crippen LogP contribution >= 0.6 is 0 Å². The minimum absolute atomic E-state index is 0.834. The van der Waals surface area contributed by atoms with Crippen LogP contribution in [0.25, 0.3) is 0 Å². The first-order chi connectivity index (χ1) is 6.81. The highest BCUT2D eigenvalue weighted by molar-refractivity contribution is 4.82. The summed E-state index contributed by atoms with van der Waals surface area (Å²) < 4.78 is 0. The molecule has 0 aromatic heterocycles. The van der Waals surface area contributed by atoms with E-state index in [0.29, 0.717) is 0 Å². The Morgan fingerprint density at radius 2 is 1.86 bits per heavy atom. The molecule has 0 aromatic carbocycles. The minimum atomic E-state index is 0.834. The first kappa shape index (κ1) is 12.0. The summed E-state index contributed by atoms with van der Waals surface area (Å²) in [5.41, 5.74) is 0. The number of rotatable bonds is 6. The van der Waals surface area contributed by atoms with Crippen LogP contribution in [0.4, 0.5) is 0 Å². The van der Waals surface area contributed by atoms with Gasteiger partial charge in [-0.15, -0.1) is 0 Å². The van der Waals surface area contributed by atoms with Crippen molar-refractivity contribution in [3.63, 3.8) is 0 Å². The van der Waals surface area contributed by atoms with Gasteiger partial charge in [0.15, 0.2) is 0 Å². The topological polar surface area (TPSA) is 12.0 Å². The standard InChI is InChI=1S/C13H27N/c1-4-11(5-2)10-14-13-9-7-8-12(13)6-3/h11-14H,4-10H2,1-3H3. The van der Waals surface area contributed by atoms with Crippen molar-refractivity contribution in [2.24, 2.45) is 11.8 Å². The summed E-state index contributed by atoms with van der Waals surface area (Å²) in [7, 11) is 0. The van der Waals surface area contributed by atoms with E-state index in [1.807, 2.05) is 0 Å². The third kappa shape index (κ3) is 3.27. The van der Waals surface area contributed by atoms with Crippen molar-refractivity contribution in [3.8, 4) is 0 Å². The fraction of sp³-hybridized carbons (Fsp3) is 1.00. The minimum Gasteiger partial charge on any atom is -0.313 e. The van der Waals surface area contributed by atoms with Crippen LogP contribution in [0.1, 0.15) is 59.3 Å². The zero-order valence-corrected chi connectivity index (χ0v) is 10.2. The molecule has 84 valence electrons. The summed E-state index contributed by atoms with van der Waals surface area (Å²) in [5.74, 6) is 1.86. The zero-order valence-electron chi connectivity index (χ0n) is 10.2. The predicted molar refractivity (Wildman–Crippen MR) is 63.5 cm³/mol. The van der Waals surface area contributed by atoms with Crippen LogP contribution in [0.2, 0.25) is 0 Å². The van der Waals surface area contributed by atoms with E-state index in [2.05, 4.69) is 26.1 Å². The highest BCUT2D eigenvalue weighted by Gasteiger charge is 2.25. The van der Waals surface area contributed by atoms with Crippen molar-refractivity contribution in [2.45, 2.75) is 65.3 Å². The predicted octanol–water partition coefficient (Wildman–Crippen LogP) is 3.59. The van der Waals surface area contributed by atoms with E-state index in [1.54, 1.807) is 0 Å². The fourth-order valence-electron chi connectivity index (χ4n) is 2.69. The number of hydrogen-bond acceptors (Lipinski definition) is 1. The molecule has 1 heteroatoms. The highest BCUT2D eigenvalue weighted by atomic mass is 14.9. The molecule has 0 saturated heterocycles. The normalized spacial score (nSPS) is 27.4. The van der Waals surface area contributed by atoms with Gasteiger partial charge < -0.3 is 5.32 Å². The Morgan fingerprint density at radius 1 is 1.14 bits per heavy atom. The second-order valence-electron chi connectivity index (χ2n) is 4.80. The Kier molecular flexibility index (Phi) is 5.54. The van der Waals surface area contributed by atoms with E-state index in [9.17, 15) is 0 Å². The van der Waals surface area contributed by atoms with E-state index in [1.165, 1.54) is 45.1 Å². The fourth-order valence-corrected chi connectivity index (χ4v) is 2.69. The number of nitrogens with one attached hydrogen (secondary N) is 1. The average Bonchev–Trinajstić information content (AvgIpc) is 2.67. The smallest absolute Gasteiger partial charge is 0.00953 e. The Balaban J connectivity index is 2.22. The lowest BCUT2D eigenvalue weighted by atomic mass is 9.98. The van der Waals surface area contributed by atoms with Crippen LogP contribution in [0, 0.1) is 11.8 Å². The first-order valence-corrected chi connectivity index (χ1v) is 6.55. The van der Waals surface area contributed by atoms with Crippen molar-refractivity contribution >= 4 is 0 Å². The molecule has 0 amide bonds. The van der Waals surface area contributed by atoms with Crippen LogP contribution < -0.4 is 5.32 Å². The lowest BCUT2D eigenvalue weighted by Gasteiger charge is -2.22. The van der Waals surface area contributed by atoms with Crippen molar-refractivity contribution in [2.75, 3.05) is 6.54 Å². The van der Waals surface area contributed by atoms with Gasteiger partial charge in [-0.1, -0.05) is 46.5 Å². The largest absolute Gasteiger partial charge is 0.313 e. The van der Waals surface area contributed by atoms with Gasteiger partial charge in [-0.3, -0.25) is 0 Å². The molecule has 2 atom stereocenters. The highest BCUT2D eigenvalue weighted by Crippen LogP contribution is 2.28. The molecule has 1 aliphatic carbocycles. The van der Waals surface area contributed by atoms with Gasteiger partial charge in [-0.05, 0) is 31.2 Å². The molecule has 2 unspecified atom stereocenters. The molecule has 1 N–H and O–H groups in total. The molecule has 1 aliphatic rings. The second kappa shape index (κ2) is 6.44. The Hall–Kier alpha value is -0.0400. The quantitative estimate of drug-likeness (QED) is 0.686. The summed E-state index contributed by atoms with van der Waals surface area (Å²) in [6.07, 6.45) is 8.33. The molecule has 1 saturated carbocycles. The molecule has 1 fully saturated rings. The second-order valence-corrected chi connectivity index (χ2v) is 4.80. The average molecular weight is 197 g/mol. The van der Waals surface area contributed by atoms with E-state index in [-0.39, 0.29) is 0 Å². The summed E-state index contributed by atoms with van der Waals surface area (Å²) in [5, 5.41) is 3.78. The molecular weight excluding hydrogens is 170 g/mol. The van der Waals surface area contributed by atoms with Crippen LogP contribution in [0.15, 0.2) is 0 Å². The number of hydrogen-bond donors (Lipinski definition) is 1. The molecule has 14 heavy (non-hydrogen) atoms. The summed E-state index contributed by atoms with van der Waals surface area (Å²) in [6, 6.07) is 0.834. The lowest BCUT2D eigenvalue weighted by Crippen LogP contribution is -2.35. The van der Waals surface area contributed by atoms with Crippen molar-refractivity contribution < 1.29 is 0 Å². The van der Waals surface area contributed by atoms with Gasteiger partial charge in [0, 0.05) is 6.04 Å². The van der Waals surface area contributed by atoms with Gasteiger partial charge in [-0.25, -0.2) is 0 Å². The third-order valence-electron chi connectivity index (χ3n) is 4.01. The van der Waals surface area contributed by atoms with Gasteiger partial charge in [0.05, 0.1) is 0 Å². The van der Waals surface area contributed by atoms with Gasteiger partial charge in [-0.2, -0.15) is 0 Å². The van der Waals surface area contributed by atoms with Crippen molar-refractivity contribution in [3.05, 3.63) is 0 Å². The maximum atomic E-state index is 3.78. The van der Waals surface area contributed by atoms with E-state index < -0.39 is 0 Å². The zero-order chi connectivity index (χ0) is 10.4. The maximum absolute atomic E-state index is 3.78. The van der Waals surface area contributed by atoms with Crippen LogP contribution in [0.3, 0.4) is 0 Å². The maximum Gasteiger partial charge on any atom is 0.00953 e. The molecule has 0 aromatic rings. The molecule has 0 heterocycles. The van der Waals surface area contributed by atoms with Crippen molar-refractivity contribution in [1.29, 1.82) is 0 Å². The monoisotopic (exact) mass is 197 g/mol. The Morgan fingerprint density at radius 3 is 2.43 bits per heavy atom. The molecule has 1 rings (SSSR count). The van der Waals surface area contributed by atoms with E-state index >= 15 is 0 Å². The summed E-state index contributed by atoms with van der Waals surface area (Å²) >= 11 is 0. The van der Waals surface area contributed by atoms with Gasteiger partial charge in [0.1, 0.15) is 0 Å². The van der Waals surface area contributed by atoms with Crippen molar-refractivity contribution in [1.82, 2.24) is 5.32 Å². The molecule has 0 bridgehead atoms. The molecule has 0 radical (unpaired) electrons. The van der Waals surface area contributed by atoms with Gasteiger partial charge in [0.2, 0.25) is 0 Å². The van der Waals surface area contributed by atoms with Gasteiger partial charge >= 0.3 is 0 Å². The molecule has 0 aliphatic heterocycles. The molecule has 1 nitrogen and oxygen atoms in total. The van der Waals surface area contributed by atoms with Gasteiger partial charge in [0.25, 0.3) is 0 Å². The van der Waals surface area contributed by atoms with E-state index in [4.69, 9.17) is 0 Å². The Labute approximate surface area is 89.7 Å². The SMILES string of the molecule is CCC(CC)CNC1CCCC1CC. The van der Waals surface area contributed by atoms with Crippen LogP contribution in [0.5, 0.6) is 0 Å². The first-order valence-electron chi connectivity index (χ1n) is 6.55. The summed E-state index contributed by atoms with van der Waals surface area (Å²) in [6.45, 7) is 8.19. The van der Waals surface area contributed by atoms with Crippen LogP contribution in [-0.4, -0.2) is 12.6 Å². The lowest BCUT2D eigenvalue weighted by molar-refractivity contribution is 0.349. The molecular formula is C13H27N. The van der Waals surface area contributed by atoms with Crippen LogP contribution in [-0.2, 0) is 0 Å². The van der Waals surface area contributed by atoms with E-state index in [0.717, 1.165) is 17.9 Å². The molecule has 0 spiro atoms.